The molecule has 3 aromatic rings. The zero-order valence-corrected chi connectivity index (χ0v) is 16.0. The van der Waals surface area contributed by atoms with E-state index in [1.54, 1.807) is 0 Å². The number of hydrogen-bond acceptors (Lipinski definition) is 3. The first kappa shape index (κ1) is 17.0. The molecule has 0 unspecified atom stereocenters. The monoisotopic (exact) mass is 360 g/mol. The maximum absolute atomic E-state index is 2.49. The maximum atomic E-state index is 2.49. The Kier molecular flexibility index (Phi) is 5.16. The van der Waals surface area contributed by atoms with Crippen LogP contribution in [-0.2, 0) is 0 Å². The second-order valence-electron chi connectivity index (χ2n) is 6.65. The molecule has 0 saturated carbocycles. The van der Waals surface area contributed by atoms with Crippen molar-refractivity contribution in [1.82, 2.24) is 0 Å². The number of hydrogen-bond donors (Lipinski definition) is 0. The third-order valence-corrected chi connectivity index (χ3v) is 5.98. The second kappa shape index (κ2) is 7.88. The number of anilines is 3. The van der Waals surface area contributed by atoms with Crippen molar-refractivity contribution in [2.45, 2.75) is 22.6 Å². The first-order valence-corrected chi connectivity index (χ1v) is 10.0. The van der Waals surface area contributed by atoms with Crippen LogP contribution in [0.25, 0.3) is 0 Å². The lowest BCUT2D eigenvalue weighted by molar-refractivity contribution is 0.714. The Morgan fingerprint density at radius 2 is 1.31 bits per heavy atom. The van der Waals surface area contributed by atoms with Gasteiger partial charge in [-0.05, 0) is 49.2 Å². The highest BCUT2D eigenvalue weighted by atomic mass is 32.2. The minimum Gasteiger partial charge on any atom is -0.375 e. The highest BCUT2D eigenvalue weighted by Gasteiger charge is 2.22. The Morgan fingerprint density at radius 3 is 1.96 bits per heavy atom. The fourth-order valence-electron chi connectivity index (χ4n) is 3.45. The van der Waals surface area contributed by atoms with E-state index >= 15 is 0 Å². The summed E-state index contributed by atoms with van der Waals surface area (Å²) in [6.45, 7) is 2.13. The average Bonchev–Trinajstić information content (AvgIpc) is 2.71. The highest BCUT2D eigenvalue weighted by Crippen LogP contribution is 2.47. The first-order chi connectivity index (χ1) is 12.8. The van der Waals surface area contributed by atoms with Gasteiger partial charge in [0.25, 0.3) is 0 Å². The van der Waals surface area contributed by atoms with E-state index in [0.29, 0.717) is 0 Å². The highest BCUT2D eigenvalue weighted by molar-refractivity contribution is 7.99. The molecule has 0 N–H and O–H groups in total. The van der Waals surface area contributed by atoms with Crippen LogP contribution in [0.4, 0.5) is 17.1 Å². The lowest BCUT2D eigenvalue weighted by Crippen LogP contribution is -2.24. The summed E-state index contributed by atoms with van der Waals surface area (Å²) in [7, 11) is 2.18. The predicted molar refractivity (Wildman–Crippen MR) is 113 cm³/mol. The van der Waals surface area contributed by atoms with Crippen molar-refractivity contribution in [3.05, 3.63) is 78.9 Å². The van der Waals surface area contributed by atoms with Crippen LogP contribution in [0.2, 0.25) is 0 Å². The molecule has 0 radical (unpaired) electrons. The van der Waals surface area contributed by atoms with E-state index in [9.17, 15) is 0 Å². The third-order valence-electron chi connectivity index (χ3n) is 4.85. The molecule has 0 aliphatic carbocycles. The van der Waals surface area contributed by atoms with Gasteiger partial charge in [0.05, 0.1) is 11.4 Å². The van der Waals surface area contributed by atoms with Gasteiger partial charge in [-0.3, -0.25) is 0 Å². The number of fused-ring (bicyclic) bond motifs is 2. The molecule has 3 heteroatoms. The first-order valence-electron chi connectivity index (χ1n) is 9.22. The molecule has 0 saturated heterocycles. The van der Waals surface area contributed by atoms with Gasteiger partial charge < -0.3 is 9.80 Å². The number of nitrogens with zero attached hydrogens (tertiary/aromatic N) is 2. The molecular formula is C23H24N2S. The molecule has 3 aromatic carbocycles. The van der Waals surface area contributed by atoms with Crippen LogP contribution in [0.1, 0.15) is 12.8 Å². The van der Waals surface area contributed by atoms with Gasteiger partial charge in [0.1, 0.15) is 0 Å². The van der Waals surface area contributed by atoms with Gasteiger partial charge in [0, 0.05) is 35.6 Å². The van der Waals surface area contributed by atoms with Gasteiger partial charge in [-0.1, -0.05) is 54.2 Å². The van der Waals surface area contributed by atoms with Gasteiger partial charge in [0.15, 0.2) is 0 Å². The quantitative estimate of drug-likeness (QED) is 0.483. The molecule has 0 spiro atoms. The lowest BCUT2D eigenvalue weighted by atomic mass is 10.2. The molecule has 1 aliphatic rings. The van der Waals surface area contributed by atoms with Crippen molar-refractivity contribution in [2.75, 3.05) is 29.9 Å². The number of rotatable bonds is 6. The topological polar surface area (TPSA) is 6.48 Å². The van der Waals surface area contributed by atoms with E-state index in [0.717, 1.165) is 13.1 Å². The molecule has 4 rings (SSSR count). The van der Waals surface area contributed by atoms with E-state index in [4.69, 9.17) is 0 Å². The Bertz CT molecular complexity index is 817. The van der Waals surface area contributed by atoms with Crippen molar-refractivity contribution in [2.24, 2.45) is 0 Å². The molecule has 1 aliphatic heterocycles. The van der Waals surface area contributed by atoms with E-state index in [1.807, 2.05) is 11.8 Å². The zero-order chi connectivity index (χ0) is 17.8. The van der Waals surface area contributed by atoms with Crippen molar-refractivity contribution >= 4 is 28.8 Å². The molecular weight excluding hydrogens is 336 g/mol. The second-order valence-corrected chi connectivity index (χ2v) is 7.74. The maximum Gasteiger partial charge on any atom is 0.0552 e. The smallest absolute Gasteiger partial charge is 0.0552 e. The number of benzene rings is 3. The molecule has 0 atom stereocenters. The van der Waals surface area contributed by atoms with Crippen LogP contribution in [0.5, 0.6) is 0 Å². The van der Waals surface area contributed by atoms with Crippen LogP contribution in [0.3, 0.4) is 0 Å². The summed E-state index contributed by atoms with van der Waals surface area (Å²) < 4.78 is 0. The minimum atomic E-state index is 1.05. The van der Waals surface area contributed by atoms with E-state index < -0.39 is 0 Å². The summed E-state index contributed by atoms with van der Waals surface area (Å²) in [6.07, 6.45) is 2.35. The largest absolute Gasteiger partial charge is 0.375 e. The predicted octanol–water partition coefficient (Wildman–Crippen LogP) is 6.21. The Hall–Kier alpha value is -2.39. The summed E-state index contributed by atoms with van der Waals surface area (Å²) in [4.78, 5) is 7.54. The van der Waals surface area contributed by atoms with Gasteiger partial charge in [0.2, 0.25) is 0 Å². The molecule has 0 bridgehead atoms. The Morgan fingerprint density at radius 1 is 0.731 bits per heavy atom. The molecule has 2 nitrogen and oxygen atoms in total. The molecule has 26 heavy (non-hydrogen) atoms. The lowest BCUT2D eigenvalue weighted by Gasteiger charge is -2.33. The Balaban J connectivity index is 1.42. The third kappa shape index (κ3) is 3.58. The molecule has 1 heterocycles. The fourth-order valence-corrected chi connectivity index (χ4v) is 4.55. The Labute approximate surface area is 160 Å². The number of para-hydroxylation sites is 3. The van der Waals surface area contributed by atoms with Gasteiger partial charge in [-0.15, -0.1) is 0 Å². The van der Waals surface area contributed by atoms with Crippen LogP contribution in [-0.4, -0.2) is 20.1 Å². The van der Waals surface area contributed by atoms with Gasteiger partial charge in [-0.2, -0.15) is 0 Å². The van der Waals surface area contributed by atoms with Crippen molar-refractivity contribution < 1.29 is 0 Å². The summed E-state index contributed by atoms with van der Waals surface area (Å²) in [5.41, 5.74) is 3.97. The van der Waals surface area contributed by atoms with E-state index in [2.05, 4.69) is 95.7 Å². The molecule has 0 fully saturated rings. The van der Waals surface area contributed by atoms with E-state index in [-0.39, 0.29) is 0 Å². The van der Waals surface area contributed by atoms with Crippen molar-refractivity contribution in [3.63, 3.8) is 0 Å². The van der Waals surface area contributed by atoms with Crippen LogP contribution >= 0.6 is 11.8 Å². The van der Waals surface area contributed by atoms with Gasteiger partial charge in [-0.25, -0.2) is 0 Å². The van der Waals surface area contributed by atoms with Crippen molar-refractivity contribution in [3.8, 4) is 0 Å². The van der Waals surface area contributed by atoms with Crippen LogP contribution in [0, 0.1) is 0 Å². The number of unbranched alkanes of at least 4 members (excludes halogenated alkanes) is 1. The fraction of sp³-hybridized carbons (Fsp3) is 0.217. The van der Waals surface area contributed by atoms with Gasteiger partial charge >= 0.3 is 0 Å². The zero-order valence-electron chi connectivity index (χ0n) is 15.1. The van der Waals surface area contributed by atoms with Crippen molar-refractivity contribution in [1.29, 1.82) is 0 Å². The molecule has 132 valence electrons. The van der Waals surface area contributed by atoms with E-state index in [1.165, 1.54) is 39.7 Å². The standard InChI is InChI=1S/C23H24N2S/c1-24(19-11-3-2-4-12-19)17-9-10-18-25-20-13-5-7-15-22(20)26-23-16-8-6-14-21(23)25/h2-8,11-16H,9-10,17-18H2,1H3. The van der Waals surface area contributed by atoms with Crippen LogP contribution < -0.4 is 9.80 Å². The summed E-state index contributed by atoms with van der Waals surface area (Å²) in [5.74, 6) is 0. The summed E-state index contributed by atoms with van der Waals surface area (Å²) in [6, 6.07) is 28.1. The normalized spacial score (nSPS) is 12.4. The minimum absolute atomic E-state index is 1.05. The summed E-state index contributed by atoms with van der Waals surface area (Å²) >= 11 is 1.88. The molecule has 0 amide bonds. The van der Waals surface area contributed by atoms with Crippen LogP contribution in [0.15, 0.2) is 88.7 Å². The average molecular weight is 361 g/mol. The SMILES string of the molecule is CN(CCCCN1c2ccccc2Sc2ccccc21)c1ccccc1. The summed E-state index contributed by atoms with van der Waals surface area (Å²) in [5, 5.41) is 0. The molecule has 0 aromatic heterocycles.